The first kappa shape index (κ1) is 13.6. The molecule has 0 spiro atoms. The third-order valence-electron chi connectivity index (χ3n) is 3.16. The molecule has 0 heterocycles. The van der Waals surface area contributed by atoms with Gasteiger partial charge in [-0.15, -0.1) is 0 Å². The Morgan fingerprint density at radius 3 is 2.53 bits per heavy atom. The van der Waals surface area contributed by atoms with Gasteiger partial charge in [0.1, 0.15) is 17.3 Å². The Hall–Kier alpha value is -1.87. The Morgan fingerprint density at radius 2 is 1.84 bits per heavy atom. The molecule has 2 aromatic rings. The van der Waals surface area contributed by atoms with Crippen molar-refractivity contribution in [3.63, 3.8) is 0 Å². The van der Waals surface area contributed by atoms with E-state index < -0.39 is 0 Å². The van der Waals surface area contributed by atoms with Gasteiger partial charge in [0.15, 0.2) is 0 Å². The Kier molecular flexibility index (Phi) is 4.17. The highest BCUT2D eigenvalue weighted by Crippen LogP contribution is 2.25. The standard InChI is InChI=1S/C16H18FNO/c1-11-9-15(7-8-16(11)17)19-14-6-4-5-13(10-14)12(2)18-3/h4-10,12,18H,1-3H3. The molecule has 1 unspecified atom stereocenters. The van der Waals surface area contributed by atoms with Gasteiger partial charge in [-0.1, -0.05) is 12.1 Å². The van der Waals surface area contributed by atoms with Crippen molar-refractivity contribution in [3.8, 4) is 11.5 Å². The Balaban J connectivity index is 2.20. The molecule has 0 aliphatic carbocycles. The predicted molar refractivity (Wildman–Crippen MR) is 75.1 cm³/mol. The lowest BCUT2D eigenvalue weighted by Gasteiger charge is -2.13. The van der Waals surface area contributed by atoms with E-state index in [0.717, 1.165) is 11.3 Å². The van der Waals surface area contributed by atoms with Crippen LogP contribution in [0.4, 0.5) is 4.39 Å². The third-order valence-corrected chi connectivity index (χ3v) is 3.16. The number of hydrogen-bond donors (Lipinski definition) is 1. The van der Waals surface area contributed by atoms with E-state index in [1.165, 1.54) is 6.07 Å². The molecular formula is C16H18FNO. The monoisotopic (exact) mass is 259 g/mol. The number of halogens is 1. The van der Waals surface area contributed by atoms with E-state index in [4.69, 9.17) is 4.74 Å². The zero-order chi connectivity index (χ0) is 13.8. The number of benzene rings is 2. The van der Waals surface area contributed by atoms with Gasteiger partial charge in [-0.2, -0.15) is 0 Å². The first-order valence-corrected chi connectivity index (χ1v) is 6.31. The molecule has 1 atom stereocenters. The highest BCUT2D eigenvalue weighted by molar-refractivity contribution is 5.36. The summed E-state index contributed by atoms with van der Waals surface area (Å²) in [5.74, 6) is 1.18. The maximum Gasteiger partial charge on any atom is 0.127 e. The van der Waals surface area contributed by atoms with Crippen LogP contribution in [0.15, 0.2) is 42.5 Å². The predicted octanol–water partition coefficient (Wildman–Crippen LogP) is 4.21. The van der Waals surface area contributed by atoms with Crippen molar-refractivity contribution < 1.29 is 9.13 Å². The number of nitrogens with one attached hydrogen (secondary N) is 1. The lowest BCUT2D eigenvalue weighted by molar-refractivity contribution is 0.477. The summed E-state index contributed by atoms with van der Waals surface area (Å²) in [4.78, 5) is 0. The molecule has 19 heavy (non-hydrogen) atoms. The van der Waals surface area contributed by atoms with E-state index in [1.54, 1.807) is 19.1 Å². The topological polar surface area (TPSA) is 21.3 Å². The van der Waals surface area contributed by atoms with Gasteiger partial charge >= 0.3 is 0 Å². The fourth-order valence-electron chi connectivity index (χ4n) is 1.83. The number of ether oxygens (including phenoxy) is 1. The Morgan fingerprint density at radius 1 is 1.11 bits per heavy atom. The molecule has 0 amide bonds. The fourth-order valence-corrected chi connectivity index (χ4v) is 1.83. The van der Waals surface area contributed by atoms with Gasteiger partial charge in [-0.25, -0.2) is 4.39 Å². The zero-order valence-electron chi connectivity index (χ0n) is 11.4. The van der Waals surface area contributed by atoms with Crippen LogP contribution in [0.5, 0.6) is 11.5 Å². The van der Waals surface area contributed by atoms with E-state index in [2.05, 4.69) is 12.2 Å². The molecule has 0 radical (unpaired) electrons. The van der Waals surface area contributed by atoms with Gasteiger partial charge in [0.05, 0.1) is 0 Å². The molecule has 0 bridgehead atoms. The maximum absolute atomic E-state index is 13.2. The second-order valence-corrected chi connectivity index (χ2v) is 4.60. The van der Waals surface area contributed by atoms with E-state index in [-0.39, 0.29) is 11.9 Å². The van der Waals surface area contributed by atoms with Gasteiger partial charge in [0.25, 0.3) is 0 Å². The van der Waals surface area contributed by atoms with Crippen molar-refractivity contribution in [3.05, 3.63) is 59.4 Å². The molecule has 0 fully saturated rings. The Labute approximate surface area is 113 Å². The first-order valence-electron chi connectivity index (χ1n) is 6.31. The number of hydrogen-bond acceptors (Lipinski definition) is 2. The summed E-state index contributed by atoms with van der Waals surface area (Å²) in [6.45, 7) is 3.81. The van der Waals surface area contributed by atoms with E-state index >= 15 is 0 Å². The molecule has 100 valence electrons. The second kappa shape index (κ2) is 5.85. The summed E-state index contributed by atoms with van der Waals surface area (Å²) < 4.78 is 18.9. The van der Waals surface area contributed by atoms with Gasteiger partial charge < -0.3 is 10.1 Å². The summed E-state index contributed by atoms with van der Waals surface area (Å²) in [7, 11) is 1.92. The number of rotatable bonds is 4. The van der Waals surface area contributed by atoms with Crippen molar-refractivity contribution in [1.82, 2.24) is 5.32 Å². The van der Waals surface area contributed by atoms with Crippen LogP contribution in [0.25, 0.3) is 0 Å². The molecule has 2 rings (SSSR count). The summed E-state index contributed by atoms with van der Waals surface area (Å²) >= 11 is 0. The van der Waals surface area contributed by atoms with Crippen LogP contribution in [0.3, 0.4) is 0 Å². The minimum Gasteiger partial charge on any atom is -0.457 e. The Bertz CT molecular complexity index is 568. The highest BCUT2D eigenvalue weighted by atomic mass is 19.1. The smallest absolute Gasteiger partial charge is 0.127 e. The molecule has 0 aliphatic heterocycles. The highest BCUT2D eigenvalue weighted by Gasteiger charge is 2.05. The zero-order valence-corrected chi connectivity index (χ0v) is 11.4. The maximum atomic E-state index is 13.2. The van der Waals surface area contributed by atoms with Gasteiger partial charge in [-0.3, -0.25) is 0 Å². The summed E-state index contributed by atoms with van der Waals surface area (Å²) in [6, 6.07) is 12.9. The lowest BCUT2D eigenvalue weighted by atomic mass is 10.1. The van der Waals surface area contributed by atoms with Crippen LogP contribution in [-0.4, -0.2) is 7.05 Å². The van der Waals surface area contributed by atoms with E-state index in [1.807, 2.05) is 31.3 Å². The van der Waals surface area contributed by atoms with Crippen molar-refractivity contribution in [2.24, 2.45) is 0 Å². The lowest BCUT2D eigenvalue weighted by Crippen LogP contribution is -2.11. The van der Waals surface area contributed by atoms with Gasteiger partial charge in [0.2, 0.25) is 0 Å². The minimum absolute atomic E-state index is 0.218. The van der Waals surface area contributed by atoms with Crippen molar-refractivity contribution >= 4 is 0 Å². The molecule has 0 aromatic heterocycles. The van der Waals surface area contributed by atoms with E-state index in [9.17, 15) is 4.39 Å². The molecule has 1 N–H and O–H groups in total. The molecule has 0 saturated carbocycles. The average Bonchev–Trinajstić information content (AvgIpc) is 2.42. The third kappa shape index (κ3) is 3.32. The molecule has 2 aromatic carbocycles. The molecule has 0 aliphatic rings. The summed E-state index contributed by atoms with van der Waals surface area (Å²) in [5.41, 5.74) is 1.73. The molecule has 0 saturated heterocycles. The van der Waals surface area contributed by atoms with Crippen molar-refractivity contribution in [2.45, 2.75) is 19.9 Å². The first-order chi connectivity index (χ1) is 9.10. The van der Waals surface area contributed by atoms with Gasteiger partial charge in [-0.05, 0) is 62.4 Å². The minimum atomic E-state index is -0.218. The van der Waals surface area contributed by atoms with Crippen molar-refractivity contribution in [1.29, 1.82) is 0 Å². The average molecular weight is 259 g/mol. The number of aryl methyl sites for hydroxylation is 1. The normalized spacial score (nSPS) is 12.2. The summed E-state index contributed by atoms with van der Waals surface area (Å²) in [5, 5.41) is 3.18. The van der Waals surface area contributed by atoms with Crippen LogP contribution in [0, 0.1) is 12.7 Å². The van der Waals surface area contributed by atoms with Crippen molar-refractivity contribution in [2.75, 3.05) is 7.05 Å². The van der Waals surface area contributed by atoms with E-state index in [0.29, 0.717) is 11.3 Å². The van der Waals surface area contributed by atoms with Crippen LogP contribution >= 0.6 is 0 Å². The van der Waals surface area contributed by atoms with Crippen LogP contribution in [0.1, 0.15) is 24.1 Å². The second-order valence-electron chi connectivity index (χ2n) is 4.60. The van der Waals surface area contributed by atoms with Gasteiger partial charge in [0, 0.05) is 6.04 Å². The SMILES string of the molecule is CNC(C)c1cccc(Oc2ccc(F)c(C)c2)c1. The van der Waals surface area contributed by atoms with Crippen LogP contribution < -0.4 is 10.1 Å². The molecule has 2 nitrogen and oxygen atoms in total. The fraction of sp³-hybridized carbons (Fsp3) is 0.250. The van der Waals surface area contributed by atoms with Crippen LogP contribution in [0.2, 0.25) is 0 Å². The molecule has 3 heteroatoms. The quantitative estimate of drug-likeness (QED) is 0.888. The van der Waals surface area contributed by atoms with Crippen LogP contribution in [-0.2, 0) is 0 Å². The molecular weight excluding hydrogens is 241 g/mol. The summed E-state index contributed by atoms with van der Waals surface area (Å²) in [6.07, 6.45) is 0. The largest absolute Gasteiger partial charge is 0.457 e.